The van der Waals surface area contributed by atoms with Gasteiger partial charge in [0, 0.05) is 19.1 Å². The van der Waals surface area contributed by atoms with E-state index < -0.39 is 0 Å². The van der Waals surface area contributed by atoms with E-state index in [4.69, 9.17) is 0 Å². The SMILES string of the molecule is CC.CCCN1CCC(n2c(=O)[nH]c3ccccc32)CC1. The smallest absolute Gasteiger partial charge is 0.306 e. The van der Waals surface area contributed by atoms with Crippen molar-refractivity contribution in [2.24, 2.45) is 0 Å². The highest BCUT2D eigenvalue weighted by molar-refractivity contribution is 5.75. The molecule has 0 aliphatic carbocycles. The number of nitrogens with zero attached hydrogens (tertiary/aromatic N) is 2. The molecule has 0 amide bonds. The van der Waals surface area contributed by atoms with Crippen LogP contribution in [0.4, 0.5) is 0 Å². The zero-order valence-corrected chi connectivity index (χ0v) is 13.4. The summed E-state index contributed by atoms with van der Waals surface area (Å²) in [7, 11) is 0. The van der Waals surface area contributed by atoms with Gasteiger partial charge in [-0.25, -0.2) is 4.79 Å². The summed E-state index contributed by atoms with van der Waals surface area (Å²) in [5.74, 6) is 0. The number of H-pyrrole nitrogens is 1. The van der Waals surface area contributed by atoms with Crippen molar-refractivity contribution in [1.82, 2.24) is 14.5 Å². The van der Waals surface area contributed by atoms with Gasteiger partial charge in [-0.2, -0.15) is 0 Å². The van der Waals surface area contributed by atoms with Crippen LogP contribution in [0.5, 0.6) is 0 Å². The number of aromatic nitrogens is 2. The molecule has 21 heavy (non-hydrogen) atoms. The van der Waals surface area contributed by atoms with Gasteiger partial charge in [0.05, 0.1) is 11.0 Å². The van der Waals surface area contributed by atoms with Gasteiger partial charge in [0.2, 0.25) is 0 Å². The van der Waals surface area contributed by atoms with Crippen molar-refractivity contribution in [2.75, 3.05) is 19.6 Å². The van der Waals surface area contributed by atoms with Crippen LogP contribution >= 0.6 is 0 Å². The summed E-state index contributed by atoms with van der Waals surface area (Å²) in [4.78, 5) is 17.6. The number of hydrogen-bond acceptors (Lipinski definition) is 2. The fraction of sp³-hybridized carbons (Fsp3) is 0.588. The minimum atomic E-state index is 0.0372. The van der Waals surface area contributed by atoms with Gasteiger partial charge < -0.3 is 9.88 Å². The minimum Gasteiger partial charge on any atom is -0.306 e. The normalized spacial score (nSPS) is 16.7. The molecule has 116 valence electrons. The van der Waals surface area contributed by atoms with E-state index in [0.29, 0.717) is 6.04 Å². The first-order valence-electron chi connectivity index (χ1n) is 8.21. The maximum absolute atomic E-state index is 12.1. The number of likely N-dealkylation sites (tertiary alicyclic amines) is 1. The summed E-state index contributed by atoms with van der Waals surface area (Å²) in [5, 5.41) is 0. The third-order valence-electron chi connectivity index (χ3n) is 4.09. The maximum Gasteiger partial charge on any atom is 0.326 e. The molecule has 4 nitrogen and oxygen atoms in total. The molecular weight excluding hydrogens is 262 g/mol. The van der Waals surface area contributed by atoms with Crippen LogP contribution in [0.1, 0.15) is 46.1 Å². The van der Waals surface area contributed by atoms with Crippen LogP contribution in [0.2, 0.25) is 0 Å². The van der Waals surface area contributed by atoms with Crippen LogP contribution < -0.4 is 5.69 Å². The van der Waals surface area contributed by atoms with Crippen LogP contribution in [0, 0.1) is 0 Å². The predicted octanol–water partition coefficient (Wildman–Crippen LogP) is 3.40. The summed E-state index contributed by atoms with van der Waals surface area (Å²) >= 11 is 0. The highest BCUT2D eigenvalue weighted by Crippen LogP contribution is 2.24. The van der Waals surface area contributed by atoms with Gasteiger partial charge in [0.1, 0.15) is 0 Å². The molecule has 1 aliphatic heterocycles. The lowest BCUT2D eigenvalue weighted by atomic mass is 10.0. The van der Waals surface area contributed by atoms with Crippen molar-refractivity contribution in [1.29, 1.82) is 0 Å². The average Bonchev–Trinajstić information content (AvgIpc) is 2.86. The number of aromatic amines is 1. The van der Waals surface area contributed by atoms with Gasteiger partial charge in [-0.15, -0.1) is 0 Å². The first-order valence-corrected chi connectivity index (χ1v) is 8.21. The molecule has 0 atom stereocenters. The van der Waals surface area contributed by atoms with Gasteiger partial charge >= 0.3 is 5.69 Å². The molecule has 0 radical (unpaired) electrons. The summed E-state index contributed by atoms with van der Waals surface area (Å²) in [5.41, 5.74) is 2.03. The van der Waals surface area contributed by atoms with E-state index in [2.05, 4.69) is 16.8 Å². The molecule has 2 heterocycles. The summed E-state index contributed by atoms with van der Waals surface area (Å²) in [6.45, 7) is 9.60. The van der Waals surface area contributed by atoms with Crippen molar-refractivity contribution in [3.05, 3.63) is 34.7 Å². The number of imidazole rings is 1. The molecule has 1 aliphatic rings. The first kappa shape index (κ1) is 15.8. The monoisotopic (exact) mass is 289 g/mol. The largest absolute Gasteiger partial charge is 0.326 e. The minimum absolute atomic E-state index is 0.0372. The van der Waals surface area contributed by atoms with Crippen molar-refractivity contribution >= 4 is 11.0 Å². The Morgan fingerprint density at radius 2 is 1.86 bits per heavy atom. The lowest BCUT2D eigenvalue weighted by molar-refractivity contribution is 0.187. The number of nitrogens with one attached hydrogen (secondary N) is 1. The molecule has 0 unspecified atom stereocenters. The Labute approximate surface area is 126 Å². The lowest BCUT2D eigenvalue weighted by Gasteiger charge is -2.32. The van der Waals surface area contributed by atoms with E-state index in [1.165, 1.54) is 13.0 Å². The van der Waals surface area contributed by atoms with E-state index in [1.807, 2.05) is 42.7 Å². The van der Waals surface area contributed by atoms with E-state index in [1.54, 1.807) is 0 Å². The van der Waals surface area contributed by atoms with Crippen molar-refractivity contribution < 1.29 is 0 Å². The zero-order chi connectivity index (χ0) is 15.2. The van der Waals surface area contributed by atoms with Gasteiger partial charge in [0.25, 0.3) is 0 Å². The Morgan fingerprint density at radius 1 is 1.19 bits per heavy atom. The Hall–Kier alpha value is -1.55. The molecule has 1 N–H and O–H groups in total. The lowest BCUT2D eigenvalue weighted by Crippen LogP contribution is -2.37. The third-order valence-corrected chi connectivity index (χ3v) is 4.09. The van der Waals surface area contributed by atoms with Crippen LogP contribution in [0.3, 0.4) is 0 Å². The van der Waals surface area contributed by atoms with E-state index >= 15 is 0 Å². The first-order chi connectivity index (χ1) is 10.3. The van der Waals surface area contributed by atoms with Crippen molar-refractivity contribution in [3.8, 4) is 0 Å². The second-order valence-corrected chi connectivity index (χ2v) is 5.39. The van der Waals surface area contributed by atoms with E-state index in [-0.39, 0.29) is 5.69 Å². The molecule has 2 aromatic rings. The zero-order valence-electron chi connectivity index (χ0n) is 13.4. The highest BCUT2D eigenvalue weighted by atomic mass is 16.1. The topological polar surface area (TPSA) is 41.0 Å². The maximum atomic E-state index is 12.1. The molecule has 4 heteroatoms. The molecule has 1 aromatic heterocycles. The molecular formula is C17H27N3O. The Morgan fingerprint density at radius 3 is 2.52 bits per heavy atom. The van der Waals surface area contributed by atoms with Gasteiger partial charge in [-0.3, -0.25) is 4.57 Å². The number of rotatable bonds is 3. The molecule has 0 saturated carbocycles. The van der Waals surface area contributed by atoms with Gasteiger partial charge in [0.15, 0.2) is 0 Å². The van der Waals surface area contributed by atoms with E-state index in [9.17, 15) is 4.79 Å². The average molecular weight is 289 g/mol. The third kappa shape index (κ3) is 3.38. The second kappa shape index (κ2) is 7.46. The van der Waals surface area contributed by atoms with Gasteiger partial charge in [-0.05, 0) is 37.9 Å². The molecule has 3 rings (SSSR count). The number of fused-ring (bicyclic) bond motifs is 1. The number of hydrogen-bond donors (Lipinski definition) is 1. The van der Waals surface area contributed by atoms with E-state index in [0.717, 1.165) is 37.0 Å². The molecule has 0 bridgehead atoms. The number of para-hydroxylation sites is 2. The Kier molecular flexibility index (Phi) is 5.62. The summed E-state index contributed by atoms with van der Waals surface area (Å²) in [6, 6.07) is 8.31. The standard InChI is InChI=1S/C15H21N3O.C2H6/c1-2-9-17-10-7-12(8-11-17)18-14-6-4-3-5-13(14)16-15(18)19;1-2/h3-6,12H,2,7-11H2,1H3,(H,16,19);1-2H3. The van der Waals surface area contributed by atoms with Crippen LogP contribution in [-0.2, 0) is 0 Å². The van der Waals surface area contributed by atoms with Crippen LogP contribution in [0.25, 0.3) is 11.0 Å². The quantitative estimate of drug-likeness (QED) is 0.941. The summed E-state index contributed by atoms with van der Waals surface area (Å²) in [6.07, 6.45) is 3.35. The van der Waals surface area contributed by atoms with Crippen LogP contribution in [0.15, 0.2) is 29.1 Å². The van der Waals surface area contributed by atoms with Crippen molar-refractivity contribution in [3.63, 3.8) is 0 Å². The highest BCUT2D eigenvalue weighted by Gasteiger charge is 2.22. The van der Waals surface area contributed by atoms with Crippen LogP contribution in [-0.4, -0.2) is 34.1 Å². The second-order valence-electron chi connectivity index (χ2n) is 5.39. The fourth-order valence-electron chi connectivity index (χ4n) is 3.15. The predicted molar refractivity (Wildman–Crippen MR) is 88.9 cm³/mol. The molecule has 1 fully saturated rings. The van der Waals surface area contributed by atoms with Crippen molar-refractivity contribution in [2.45, 2.75) is 46.1 Å². The fourth-order valence-corrected chi connectivity index (χ4v) is 3.15. The van der Waals surface area contributed by atoms with Gasteiger partial charge in [-0.1, -0.05) is 32.9 Å². The number of piperidine rings is 1. The number of benzene rings is 1. The molecule has 1 aromatic carbocycles. The summed E-state index contributed by atoms with van der Waals surface area (Å²) < 4.78 is 1.96. The Bertz CT molecular complexity index is 606. The molecule has 0 spiro atoms. The Balaban J connectivity index is 0.000000774. The molecule has 1 saturated heterocycles.